The Morgan fingerprint density at radius 3 is 2.74 bits per heavy atom. The van der Waals surface area contributed by atoms with Crippen molar-refractivity contribution >= 4 is 17.2 Å². The molecule has 0 radical (unpaired) electrons. The number of aliphatic hydroxyl groups is 1. The van der Waals surface area contributed by atoms with Gasteiger partial charge in [0.25, 0.3) is 0 Å². The molecule has 2 aliphatic heterocycles. The molecule has 2 aromatic heterocycles. The van der Waals surface area contributed by atoms with Gasteiger partial charge in [-0.2, -0.15) is 0 Å². The Kier molecular flexibility index (Phi) is 7.78. The molecule has 2 aliphatic carbocycles. The van der Waals surface area contributed by atoms with E-state index in [1.165, 1.54) is 12.0 Å². The second-order valence-electron chi connectivity index (χ2n) is 13.6. The van der Waals surface area contributed by atoms with Crippen molar-refractivity contribution in [3.05, 3.63) is 64.8 Å². The van der Waals surface area contributed by atoms with E-state index in [9.17, 15) is 9.90 Å². The summed E-state index contributed by atoms with van der Waals surface area (Å²) in [6.07, 6.45) is 9.87. The first-order valence-corrected chi connectivity index (χ1v) is 16.7. The number of thiazole rings is 1. The third-order valence-corrected chi connectivity index (χ3v) is 10.8. The zero-order chi connectivity index (χ0) is 29.6. The van der Waals surface area contributed by atoms with Crippen molar-refractivity contribution in [3.8, 4) is 16.5 Å². The van der Waals surface area contributed by atoms with Gasteiger partial charge in [0.2, 0.25) is 11.8 Å². The average Bonchev–Trinajstić information content (AvgIpc) is 3.44. The number of hydrogen-bond acceptors (Lipinski definition) is 8. The Hall–Kier alpha value is -2.85. The van der Waals surface area contributed by atoms with E-state index >= 15 is 0 Å². The standard InChI is InChI=1S/C34H42N4O4S/c1-33(2)17-25(33)23-16-24-27(18-34(9-5-10-34)42-31(24)37-19-23)36-20-28(39)26(38-30(40)29-8-4-12-41-29)15-21-6-3-7-22(14-21)32-35-11-13-43-32/h3,6-7,11,13-14,16,19,25-29,36,39H,4-5,8-10,12,15,17-18,20H2,1-2H3,(H,38,40)/t25-,26-,27-,28+,29?/m0/s1. The highest BCUT2D eigenvalue weighted by Gasteiger charge is 2.49. The molecule has 0 bridgehead atoms. The lowest BCUT2D eigenvalue weighted by molar-refractivity contribution is -0.131. The molecule has 1 amide bonds. The Morgan fingerprint density at radius 1 is 1.19 bits per heavy atom. The summed E-state index contributed by atoms with van der Waals surface area (Å²) < 4.78 is 12.2. The summed E-state index contributed by atoms with van der Waals surface area (Å²) in [7, 11) is 0. The number of nitrogens with zero attached hydrogens (tertiary/aromatic N) is 2. The van der Waals surface area contributed by atoms with Gasteiger partial charge in [-0.15, -0.1) is 11.3 Å². The molecule has 9 heteroatoms. The minimum absolute atomic E-state index is 0.0239. The number of carbonyl (C=O) groups is 1. The normalized spacial score (nSPS) is 26.2. The molecule has 1 spiro atoms. The first-order valence-electron chi connectivity index (χ1n) is 15.8. The van der Waals surface area contributed by atoms with E-state index in [4.69, 9.17) is 14.5 Å². The van der Waals surface area contributed by atoms with Crippen molar-refractivity contribution in [1.29, 1.82) is 0 Å². The first kappa shape index (κ1) is 28.9. The third kappa shape index (κ3) is 6.10. The molecule has 3 aromatic rings. The number of fused-ring (bicyclic) bond motifs is 1. The highest BCUT2D eigenvalue weighted by Crippen LogP contribution is 2.59. The van der Waals surface area contributed by atoms with Gasteiger partial charge in [-0.25, -0.2) is 9.97 Å². The second kappa shape index (κ2) is 11.6. The maximum Gasteiger partial charge on any atom is 0.249 e. The molecule has 3 N–H and O–H groups in total. The molecule has 43 heavy (non-hydrogen) atoms. The van der Waals surface area contributed by atoms with Crippen LogP contribution in [0, 0.1) is 5.41 Å². The molecule has 5 atom stereocenters. The molecule has 228 valence electrons. The molecule has 1 saturated heterocycles. The lowest BCUT2D eigenvalue weighted by Crippen LogP contribution is -2.53. The summed E-state index contributed by atoms with van der Waals surface area (Å²) in [6.45, 7) is 5.55. The molecule has 7 rings (SSSR count). The maximum atomic E-state index is 13.2. The first-order chi connectivity index (χ1) is 20.8. The van der Waals surface area contributed by atoms with E-state index in [-0.39, 0.29) is 17.6 Å². The van der Waals surface area contributed by atoms with Gasteiger partial charge in [0, 0.05) is 54.5 Å². The van der Waals surface area contributed by atoms with Gasteiger partial charge in [-0.3, -0.25) is 4.79 Å². The summed E-state index contributed by atoms with van der Waals surface area (Å²) >= 11 is 1.60. The lowest BCUT2D eigenvalue weighted by Gasteiger charge is -2.47. The highest BCUT2D eigenvalue weighted by molar-refractivity contribution is 7.13. The maximum absolute atomic E-state index is 13.2. The summed E-state index contributed by atoms with van der Waals surface area (Å²) in [5.41, 5.74) is 4.57. The fourth-order valence-corrected chi connectivity index (χ4v) is 7.67. The number of pyridine rings is 1. The van der Waals surface area contributed by atoms with Crippen LogP contribution in [0.15, 0.2) is 48.1 Å². The summed E-state index contributed by atoms with van der Waals surface area (Å²) in [4.78, 5) is 22.4. The van der Waals surface area contributed by atoms with E-state index in [0.29, 0.717) is 37.3 Å². The smallest absolute Gasteiger partial charge is 0.249 e. The number of nitrogens with one attached hydrogen (secondary N) is 2. The number of hydrogen-bond donors (Lipinski definition) is 3. The Balaban J connectivity index is 1.10. The molecule has 3 fully saturated rings. The number of aromatic nitrogens is 2. The van der Waals surface area contributed by atoms with Crippen molar-refractivity contribution in [3.63, 3.8) is 0 Å². The van der Waals surface area contributed by atoms with Crippen molar-refractivity contribution in [1.82, 2.24) is 20.6 Å². The number of amides is 1. The predicted molar refractivity (Wildman–Crippen MR) is 166 cm³/mol. The molecular formula is C34H42N4O4S. The SMILES string of the molecule is CC1(C)C[C@H]1c1cnc2c(c1)[C@@H](NC[C@@H](O)[C@H](Cc1cccc(-c3nccs3)c1)NC(=O)C1CCCO1)CC1(CCC1)O2. The van der Waals surface area contributed by atoms with Gasteiger partial charge < -0.3 is 25.2 Å². The summed E-state index contributed by atoms with van der Waals surface area (Å²) in [6, 6.07) is 10.0. The fourth-order valence-electron chi connectivity index (χ4n) is 7.04. The van der Waals surface area contributed by atoms with Crippen LogP contribution in [0.25, 0.3) is 10.6 Å². The molecule has 8 nitrogen and oxygen atoms in total. The van der Waals surface area contributed by atoms with E-state index in [1.807, 2.05) is 29.8 Å². The van der Waals surface area contributed by atoms with Crippen LogP contribution >= 0.6 is 11.3 Å². The number of carbonyl (C=O) groups excluding carboxylic acids is 1. The Bertz CT molecular complexity index is 1450. The predicted octanol–water partition coefficient (Wildman–Crippen LogP) is 5.32. The van der Waals surface area contributed by atoms with Gasteiger partial charge in [0.1, 0.15) is 16.7 Å². The van der Waals surface area contributed by atoms with E-state index in [1.54, 1.807) is 17.5 Å². The zero-order valence-corrected chi connectivity index (χ0v) is 25.9. The number of aliphatic hydroxyl groups excluding tert-OH is 1. The van der Waals surface area contributed by atoms with Crippen LogP contribution < -0.4 is 15.4 Å². The Morgan fingerprint density at radius 2 is 2.05 bits per heavy atom. The summed E-state index contributed by atoms with van der Waals surface area (Å²) in [5, 5.41) is 21.4. The van der Waals surface area contributed by atoms with Crippen LogP contribution in [-0.4, -0.2) is 58.0 Å². The van der Waals surface area contributed by atoms with Gasteiger partial charge in [-0.1, -0.05) is 32.0 Å². The van der Waals surface area contributed by atoms with Gasteiger partial charge in [0.05, 0.1) is 12.1 Å². The number of rotatable bonds is 10. The molecule has 2 saturated carbocycles. The third-order valence-electron chi connectivity index (χ3n) is 9.99. The number of benzene rings is 1. The van der Waals surface area contributed by atoms with Crippen LogP contribution in [0.2, 0.25) is 0 Å². The fraction of sp³-hybridized carbons (Fsp3) is 0.559. The van der Waals surface area contributed by atoms with Crippen LogP contribution in [0.5, 0.6) is 5.88 Å². The average molecular weight is 603 g/mol. The quantitative estimate of drug-likeness (QED) is 0.288. The van der Waals surface area contributed by atoms with Crippen LogP contribution in [-0.2, 0) is 16.0 Å². The minimum atomic E-state index is -0.809. The molecule has 4 heterocycles. The minimum Gasteiger partial charge on any atom is -0.471 e. The zero-order valence-electron chi connectivity index (χ0n) is 25.1. The lowest BCUT2D eigenvalue weighted by atomic mass is 9.73. The number of ether oxygens (including phenoxy) is 2. The van der Waals surface area contributed by atoms with Crippen molar-refractivity contribution in [2.24, 2.45) is 5.41 Å². The monoisotopic (exact) mass is 602 g/mol. The van der Waals surface area contributed by atoms with Crippen molar-refractivity contribution in [2.45, 2.75) is 101 Å². The van der Waals surface area contributed by atoms with Crippen LogP contribution in [0.3, 0.4) is 0 Å². The van der Waals surface area contributed by atoms with E-state index in [2.05, 4.69) is 41.6 Å². The second-order valence-corrected chi connectivity index (χ2v) is 14.5. The summed E-state index contributed by atoms with van der Waals surface area (Å²) in [5.74, 6) is 1.10. The van der Waals surface area contributed by atoms with Crippen molar-refractivity contribution in [2.75, 3.05) is 13.2 Å². The molecule has 1 aromatic carbocycles. The Labute approximate surface area is 257 Å². The largest absolute Gasteiger partial charge is 0.471 e. The van der Waals surface area contributed by atoms with E-state index < -0.39 is 18.2 Å². The van der Waals surface area contributed by atoms with Crippen molar-refractivity contribution < 1.29 is 19.4 Å². The highest BCUT2D eigenvalue weighted by atomic mass is 32.1. The molecule has 1 unspecified atom stereocenters. The van der Waals surface area contributed by atoms with Crippen LogP contribution in [0.4, 0.5) is 0 Å². The van der Waals surface area contributed by atoms with E-state index in [0.717, 1.165) is 59.7 Å². The van der Waals surface area contributed by atoms with Gasteiger partial charge in [0.15, 0.2) is 0 Å². The van der Waals surface area contributed by atoms with Crippen LogP contribution in [0.1, 0.15) is 87.4 Å². The van der Waals surface area contributed by atoms with Gasteiger partial charge in [-0.05, 0) is 79.5 Å². The molecule has 4 aliphatic rings. The topological polar surface area (TPSA) is 106 Å². The molecular weight excluding hydrogens is 560 g/mol. The van der Waals surface area contributed by atoms with Gasteiger partial charge >= 0.3 is 0 Å².